The lowest BCUT2D eigenvalue weighted by atomic mass is 10.4. The Morgan fingerprint density at radius 1 is 1.25 bits per heavy atom. The summed E-state index contributed by atoms with van der Waals surface area (Å²) >= 11 is 1.36. The van der Waals surface area contributed by atoms with Crippen LogP contribution in [0.4, 0.5) is 0 Å². The summed E-state index contributed by atoms with van der Waals surface area (Å²) < 4.78 is 24.0. The monoisotopic (exact) mass is 307 g/mol. The van der Waals surface area contributed by atoms with Crippen LogP contribution in [0.2, 0.25) is 0 Å². The predicted octanol–water partition coefficient (Wildman–Crippen LogP) is 1.30. The molecule has 0 aliphatic carbocycles. The molecule has 0 spiro atoms. The number of rotatable bonds is 4. The fraction of sp³-hybridized carbons (Fsp3) is 0.0909. The molecule has 1 N–H and O–H groups in total. The van der Waals surface area contributed by atoms with E-state index < -0.39 is 9.84 Å². The van der Waals surface area contributed by atoms with Gasteiger partial charge < -0.3 is 0 Å². The van der Waals surface area contributed by atoms with E-state index in [-0.39, 0.29) is 10.9 Å². The third kappa shape index (κ3) is 2.58. The lowest BCUT2D eigenvalue weighted by Gasteiger charge is -1.97. The van der Waals surface area contributed by atoms with Gasteiger partial charge in [0.15, 0.2) is 0 Å². The van der Waals surface area contributed by atoms with E-state index in [9.17, 15) is 8.42 Å². The van der Waals surface area contributed by atoms with Crippen LogP contribution in [-0.2, 0) is 15.6 Å². The molecule has 0 aliphatic heterocycles. The number of nitrogens with one attached hydrogen (secondary N) is 1. The highest BCUT2D eigenvalue weighted by molar-refractivity contribution is 7.90. The SMILES string of the molecule is O=S(=O)(Cc1csc(-c2ccccn2)n1)c1ncn[nH]1. The van der Waals surface area contributed by atoms with Crippen molar-refractivity contribution in [3.05, 3.63) is 41.8 Å². The molecule has 102 valence electrons. The second kappa shape index (κ2) is 5.10. The number of aromatic amines is 1. The second-order valence-electron chi connectivity index (χ2n) is 3.91. The first-order valence-electron chi connectivity index (χ1n) is 5.59. The molecule has 0 fully saturated rings. The van der Waals surface area contributed by atoms with E-state index in [4.69, 9.17) is 0 Å². The summed E-state index contributed by atoms with van der Waals surface area (Å²) in [5, 5.41) is 8.14. The fourth-order valence-corrected chi connectivity index (χ4v) is 3.56. The molecule has 0 aromatic carbocycles. The van der Waals surface area contributed by atoms with Crippen LogP contribution in [0.3, 0.4) is 0 Å². The number of hydrogen-bond acceptors (Lipinski definition) is 7. The smallest absolute Gasteiger partial charge is 0.243 e. The van der Waals surface area contributed by atoms with Crippen molar-refractivity contribution in [1.82, 2.24) is 25.1 Å². The van der Waals surface area contributed by atoms with E-state index in [1.165, 1.54) is 11.3 Å². The van der Waals surface area contributed by atoms with Gasteiger partial charge in [-0.3, -0.25) is 10.1 Å². The summed E-state index contributed by atoms with van der Waals surface area (Å²) in [4.78, 5) is 12.1. The van der Waals surface area contributed by atoms with Gasteiger partial charge >= 0.3 is 0 Å². The predicted molar refractivity (Wildman–Crippen MR) is 72.6 cm³/mol. The van der Waals surface area contributed by atoms with E-state index in [0.717, 1.165) is 12.0 Å². The van der Waals surface area contributed by atoms with Crippen molar-refractivity contribution in [1.29, 1.82) is 0 Å². The van der Waals surface area contributed by atoms with Crippen LogP contribution in [0.5, 0.6) is 0 Å². The molecule has 3 aromatic heterocycles. The van der Waals surface area contributed by atoms with Crippen LogP contribution in [-0.4, -0.2) is 33.6 Å². The molecule has 3 aromatic rings. The van der Waals surface area contributed by atoms with E-state index in [1.54, 1.807) is 11.6 Å². The number of H-pyrrole nitrogens is 1. The van der Waals surface area contributed by atoms with Gasteiger partial charge in [0.05, 0.1) is 11.4 Å². The number of nitrogens with zero attached hydrogens (tertiary/aromatic N) is 4. The van der Waals surface area contributed by atoms with E-state index in [0.29, 0.717) is 10.7 Å². The minimum absolute atomic E-state index is 0.148. The Morgan fingerprint density at radius 3 is 2.85 bits per heavy atom. The third-order valence-corrected chi connectivity index (χ3v) is 4.84. The molecule has 3 rings (SSSR count). The van der Waals surface area contributed by atoms with Crippen molar-refractivity contribution in [3.63, 3.8) is 0 Å². The molecule has 0 radical (unpaired) electrons. The Balaban J connectivity index is 1.85. The van der Waals surface area contributed by atoms with Crippen LogP contribution in [0.1, 0.15) is 5.69 Å². The Hall–Kier alpha value is -2.13. The van der Waals surface area contributed by atoms with Crippen molar-refractivity contribution in [3.8, 4) is 10.7 Å². The fourth-order valence-electron chi connectivity index (χ4n) is 1.59. The zero-order chi connectivity index (χ0) is 14.0. The Labute approximate surface area is 118 Å². The first-order chi connectivity index (χ1) is 9.65. The summed E-state index contributed by atoms with van der Waals surface area (Å²) in [6.45, 7) is 0. The van der Waals surface area contributed by atoms with Crippen molar-refractivity contribution in [2.75, 3.05) is 0 Å². The first kappa shape index (κ1) is 12.9. The lowest BCUT2D eigenvalue weighted by Crippen LogP contribution is -2.07. The minimum atomic E-state index is -3.54. The molecule has 0 amide bonds. The van der Waals surface area contributed by atoms with Crippen LogP contribution < -0.4 is 0 Å². The number of hydrogen-bond donors (Lipinski definition) is 1. The second-order valence-corrected chi connectivity index (χ2v) is 6.67. The highest BCUT2D eigenvalue weighted by Gasteiger charge is 2.20. The van der Waals surface area contributed by atoms with E-state index >= 15 is 0 Å². The quantitative estimate of drug-likeness (QED) is 0.779. The van der Waals surface area contributed by atoms with E-state index in [1.807, 2.05) is 18.2 Å². The molecule has 7 nitrogen and oxygen atoms in total. The zero-order valence-corrected chi connectivity index (χ0v) is 11.7. The molecule has 0 saturated heterocycles. The van der Waals surface area contributed by atoms with Crippen LogP contribution in [0.25, 0.3) is 10.7 Å². The van der Waals surface area contributed by atoms with Gasteiger partial charge in [-0.2, -0.15) is 5.10 Å². The van der Waals surface area contributed by atoms with Gasteiger partial charge in [-0.1, -0.05) is 6.07 Å². The minimum Gasteiger partial charge on any atom is -0.254 e. The molecule has 0 saturated carbocycles. The van der Waals surface area contributed by atoms with Crippen LogP contribution in [0.15, 0.2) is 41.3 Å². The molecule has 20 heavy (non-hydrogen) atoms. The molecular formula is C11H9N5O2S2. The molecule has 0 bridgehead atoms. The maximum Gasteiger partial charge on any atom is 0.243 e. The van der Waals surface area contributed by atoms with Crippen LogP contribution in [0, 0.1) is 0 Å². The van der Waals surface area contributed by atoms with Gasteiger partial charge in [-0.15, -0.1) is 11.3 Å². The number of pyridine rings is 1. The maximum atomic E-state index is 12.0. The summed E-state index contributed by atoms with van der Waals surface area (Å²) in [7, 11) is -3.54. The number of sulfone groups is 1. The Morgan fingerprint density at radius 2 is 2.15 bits per heavy atom. The van der Waals surface area contributed by atoms with Gasteiger partial charge in [0.25, 0.3) is 0 Å². The Bertz CT molecular complexity index is 796. The number of thiazole rings is 1. The van der Waals surface area contributed by atoms with Gasteiger partial charge in [0.2, 0.25) is 15.0 Å². The van der Waals surface area contributed by atoms with Gasteiger partial charge in [0.1, 0.15) is 17.1 Å². The third-order valence-electron chi connectivity index (χ3n) is 2.46. The molecule has 0 unspecified atom stereocenters. The van der Waals surface area contributed by atoms with Gasteiger partial charge in [-0.05, 0) is 12.1 Å². The van der Waals surface area contributed by atoms with Gasteiger partial charge in [-0.25, -0.2) is 18.4 Å². The zero-order valence-electron chi connectivity index (χ0n) is 10.1. The lowest BCUT2D eigenvalue weighted by molar-refractivity contribution is 0.586. The largest absolute Gasteiger partial charge is 0.254 e. The standard InChI is InChI=1S/C11H9N5O2S2/c17-20(18,11-13-7-14-16-11)6-8-5-19-10(15-8)9-3-1-2-4-12-9/h1-5,7H,6H2,(H,13,14,16). The Kier molecular flexibility index (Phi) is 3.28. The summed E-state index contributed by atoms with van der Waals surface area (Å²) in [6, 6.07) is 5.49. The topological polar surface area (TPSA) is 101 Å². The average Bonchev–Trinajstić information content (AvgIpc) is 3.10. The van der Waals surface area contributed by atoms with E-state index in [2.05, 4.69) is 25.1 Å². The highest BCUT2D eigenvalue weighted by Crippen LogP contribution is 2.23. The van der Waals surface area contributed by atoms with Crippen molar-refractivity contribution < 1.29 is 8.42 Å². The molecule has 0 aliphatic rings. The molecule has 0 atom stereocenters. The normalized spacial score (nSPS) is 11.6. The van der Waals surface area contributed by atoms with Gasteiger partial charge in [0, 0.05) is 11.6 Å². The van der Waals surface area contributed by atoms with Crippen molar-refractivity contribution in [2.45, 2.75) is 10.9 Å². The van der Waals surface area contributed by atoms with Crippen LogP contribution >= 0.6 is 11.3 Å². The first-order valence-corrected chi connectivity index (χ1v) is 8.12. The van der Waals surface area contributed by atoms with Crippen molar-refractivity contribution >= 4 is 21.2 Å². The molecular weight excluding hydrogens is 298 g/mol. The maximum absolute atomic E-state index is 12.0. The summed E-state index contributed by atoms with van der Waals surface area (Å²) in [5.41, 5.74) is 1.19. The molecule has 3 heterocycles. The number of aromatic nitrogens is 5. The van der Waals surface area contributed by atoms with Crippen molar-refractivity contribution in [2.24, 2.45) is 0 Å². The summed E-state index contributed by atoms with van der Waals surface area (Å²) in [6.07, 6.45) is 2.83. The summed E-state index contributed by atoms with van der Waals surface area (Å²) in [5.74, 6) is -0.217. The molecule has 9 heteroatoms. The average molecular weight is 307 g/mol. The highest BCUT2D eigenvalue weighted by atomic mass is 32.2.